The summed E-state index contributed by atoms with van der Waals surface area (Å²) in [6, 6.07) is 15.8. The second kappa shape index (κ2) is 9.68. The molecule has 8 nitrogen and oxygen atoms in total. The summed E-state index contributed by atoms with van der Waals surface area (Å²) in [7, 11) is 0. The van der Waals surface area contributed by atoms with Gasteiger partial charge in [-0.05, 0) is 41.8 Å². The lowest BCUT2D eigenvalue weighted by Crippen LogP contribution is -2.28. The highest BCUT2D eigenvalue weighted by atomic mass is 19.1. The van der Waals surface area contributed by atoms with Crippen LogP contribution in [0.2, 0.25) is 0 Å². The SMILES string of the molecule is CC(NC(=O)c1nccnc1NCc1ccc(-c2cnc3[nH]ncc3c2)cc1)c1ccc(F)cc1. The third-order valence-corrected chi connectivity index (χ3v) is 5.67. The molecule has 0 aliphatic heterocycles. The predicted octanol–water partition coefficient (Wildman–Crippen LogP) is 4.66. The summed E-state index contributed by atoms with van der Waals surface area (Å²) in [4.78, 5) is 25.8. The molecule has 3 aromatic heterocycles. The lowest BCUT2D eigenvalue weighted by atomic mass is 10.0. The number of H-pyrrole nitrogens is 1. The molecule has 1 atom stereocenters. The Labute approximate surface area is 200 Å². The molecule has 9 heteroatoms. The summed E-state index contributed by atoms with van der Waals surface area (Å²) in [5.41, 5.74) is 4.80. The minimum atomic E-state index is -0.366. The van der Waals surface area contributed by atoms with E-state index in [1.807, 2.05) is 43.5 Å². The van der Waals surface area contributed by atoms with Crippen LogP contribution < -0.4 is 10.6 Å². The first-order valence-electron chi connectivity index (χ1n) is 11.1. The molecule has 0 spiro atoms. The van der Waals surface area contributed by atoms with Crippen LogP contribution in [0, 0.1) is 5.82 Å². The summed E-state index contributed by atoms with van der Waals surface area (Å²) in [6.07, 6.45) is 6.57. The number of hydrogen-bond acceptors (Lipinski definition) is 6. The van der Waals surface area contributed by atoms with Crippen LogP contribution in [0.15, 0.2) is 79.4 Å². The van der Waals surface area contributed by atoms with Crippen LogP contribution in [-0.2, 0) is 6.54 Å². The number of hydrogen-bond donors (Lipinski definition) is 3. The Bertz CT molecular complexity index is 1470. The Hall–Kier alpha value is -4.66. The number of halogens is 1. The van der Waals surface area contributed by atoms with E-state index in [0.29, 0.717) is 12.4 Å². The van der Waals surface area contributed by atoms with Crippen LogP contribution in [0.3, 0.4) is 0 Å². The highest BCUT2D eigenvalue weighted by Crippen LogP contribution is 2.23. The fourth-order valence-corrected chi connectivity index (χ4v) is 3.73. The number of rotatable bonds is 7. The van der Waals surface area contributed by atoms with Crippen molar-refractivity contribution >= 4 is 22.8 Å². The average Bonchev–Trinajstić information content (AvgIpc) is 3.36. The first kappa shape index (κ1) is 22.1. The molecule has 0 fully saturated rings. The van der Waals surface area contributed by atoms with Crippen molar-refractivity contribution in [1.29, 1.82) is 0 Å². The third kappa shape index (κ3) is 4.98. The van der Waals surface area contributed by atoms with Gasteiger partial charge < -0.3 is 10.6 Å². The normalized spacial score (nSPS) is 11.8. The Kier molecular flexibility index (Phi) is 6.13. The van der Waals surface area contributed by atoms with Crippen molar-refractivity contribution in [2.75, 3.05) is 5.32 Å². The Morgan fingerprint density at radius 2 is 1.74 bits per heavy atom. The van der Waals surface area contributed by atoms with E-state index in [1.54, 1.807) is 18.3 Å². The van der Waals surface area contributed by atoms with Crippen molar-refractivity contribution in [2.45, 2.75) is 19.5 Å². The molecular weight excluding hydrogens is 445 g/mol. The number of aromatic amines is 1. The van der Waals surface area contributed by atoms with Gasteiger partial charge in [0.05, 0.1) is 12.2 Å². The van der Waals surface area contributed by atoms with Crippen LogP contribution in [0.4, 0.5) is 10.2 Å². The van der Waals surface area contributed by atoms with Gasteiger partial charge in [0.15, 0.2) is 17.2 Å². The number of anilines is 1. The van der Waals surface area contributed by atoms with Crippen molar-refractivity contribution in [3.8, 4) is 11.1 Å². The lowest BCUT2D eigenvalue weighted by molar-refractivity contribution is 0.0935. The molecule has 0 saturated heterocycles. The smallest absolute Gasteiger partial charge is 0.274 e. The number of nitrogens with one attached hydrogen (secondary N) is 3. The molecule has 1 amide bonds. The van der Waals surface area contributed by atoms with Gasteiger partial charge in [-0.1, -0.05) is 36.4 Å². The van der Waals surface area contributed by atoms with Gasteiger partial charge >= 0.3 is 0 Å². The molecule has 0 bridgehead atoms. The quantitative estimate of drug-likeness (QED) is 0.321. The van der Waals surface area contributed by atoms with Gasteiger partial charge in [-0.25, -0.2) is 19.3 Å². The highest BCUT2D eigenvalue weighted by Gasteiger charge is 2.17. The van der Waals surface area contributed by atoms with Crippen LogP contribution in [-0.4, -0.2) is 31.1 Å². The number of amides is 1. The van der Waals surface area contributed by atoms with E-state index in [1.165, 1.54) is 24.5 Å². The Morgan fingerprint density at radius 1 is 0.971 bits per heavy atom. The summed E-state index contributed by atoms with van der Waals surface area (Å²) in [5, 5.41) is 13.9. The topological polar surface area (TPSA) is 108 Å². The van der Waals surface area contributed by atoms with E-state index in [4.69, 9.17) is 0 Å². The summed E-state index contributed by atoms with van der Waals surface area (Å²) >= 11 is 0. The molecule has 5 aromatic rings. The van der Waals surface area contributed by atoms with Gasteiger partial charge in [-0.15, -0.1) is 0 Å². The predicted molar refractivity (Wildman–Crippen MR) is 131 cm³/mol. The van der Waals surface area contributed by atoms with Crippen molar-refractivity contribution in [3.05, 3.63) is 102 Å². The third-order valence-electron chi connectivity index (χ3n) is 5.67. The molecule has 0 aliphatic carbocycles. The van der Waals surface area contributed by atoms with Crippen LogP contribution in [0.25, 0.3) is 22.2 Å². The molecule has 3 heterocycles. The highest BCUT2D eigenvalue weighted by molar-refractivity contribution is 5.96. The molecule has 2 aromatic carbocycles. The molecule has 0 aliphatic rings. The molecule has 5 rings (SSSR count). The maximum atomic E-state index is 13.2. The number of benzene rings is 2. The molecular formula is C26H22FN7O. The second-order valence-corrected chi connectivity index (χ2v) is 8.08. The van der Waals surface area contributed by atoms with Crippen LogP contribution in [0.1, 0.15) is 34.6 Å². The zero-order valence-corrected chi connectivity index (χ0v) is 18.9. The van der Waals surface area contributed by atoms with E-state index >= 15 is 0 Å². The van der Waals surface area contributed by atoms with E-state index < -0.39 is 0 Å². The average molecular weight is 468 g/mol. The van der Waals surface area contributed by atoms with Crippen LogP contribution >= 0.6 is 0 Å². The van der Waals surface area contributed by atoms with Gasteiger partial charge in [0, 0.05) is 36.1 Å². The van der Waals surface area contributed by atoms with Gasteiger partial charge in [-0.3, -0.25) is 9.89 Å². The molecule has 1 unspecified atom stereocenters. The molecule has 0 saturated carbocycles. The fraction of sp³-hybridized carbons (Fsp3) is 0.115. The number of carbonyl (C=O) groups is 1. The molecule has 3 N–H and O–H groups in total. The largest absolute Gasteiger partial charge is 0.364 e. The number of nitrogens with zero attached hydrogens (tertiary/aromatic N) is 4. The first-order valence-corrected chi connectivity index (χ1v) is 11.1. The maximum Gasteiger partial charge on any atom is 0.274 e. The minimum absolute atomic E-state index is 0.192. The maximum absolute atomic E-state index is 13.2. The second-order valence-electron chi connectivity index (χ2n) is 8.08. The fourth-order valence-electron chi connectivity index (χ4n) is 3.73. The number of aromatic nitrogens is 5. The number of fused-ring (bicyclic) bond motifs is 1. The molecule has 174 valence electrons. The van der Waals surface area contributed by atoms with E-state index in [0.717, 1.165) is 33.3 Å². The standard InChI is InChI=1S/C26H22FN7O/c1-16(18-6-8-22(27)9-7-18)33-26(35)23-25(29-11-10-28-23)30-13-17-2-4-19(5-3-17)20-12-21-15-32-34-24(21)31-14-20/h2-12,14-16H,13H2,1H3,(H,29,30)(H,33,35)(H,31,32,34). The Balaban J connectivity index is 1.25. The van der Waals surface area contributed by atoms with Crippen molar-refractivity contribution in [2.24, 2.45) is 0 Å². The van der Waals surface area contributed by atoms with Crippen molar-refractivity contribution < 1.29 is 9.18 Å². The number of carbonyl (C=O) groups excluding carboxylic acids is 1. The summed E-state index contributed by atoms with van der Waals surface area (Å²) in [6.45, 7) is 2.29. The van der Waals surface area contributed by atoms with Crippen molar-refractivity contribution in [3.63, 3.8) is 0 Å². The zero-order chi connectivity index (χ0) is 24.2. The summed E-state index contributed by atoms with van der Waals surface area (Å²) < 4.78 is 13.2. The molecule has 35 heavy (non-hydrogen) atoms. The lowest BCUT2D eigenvalue weighted by Gasteiger charge is -2.15. The summed E-state index contributed by atoms with van der Waals surface area (Å²) in [5.74, 6) is -0.304. The zero-order valence-electron chi connectivity index (χ0n) is 18.9. The van der Waals surface area contributed by atoms with Gasteiger partial charge in [0.2, 0.25) is 0 Å². The first-order chi connectivity index (χ1) is 17.1. The van der Waals surface area contributed by atoms with Gasteiger partial charge in [0.1, 0.15) is 5.82 Å². The number of pyridine rings is 1. The van der Waals surface area contributed by atoms with E-state index in [2.05, 4.69) is 35.8 Å². The van der Waals surface area contributed by atoms with E-state index in [-0.39, 0.29) is 23.5 Å². The van der Waals surface area contributed by atoms with Gasteiger partial charge in [0.25, 0.3) is 5.91 Å². The van der Waals surface area contributed by atoms with Crippen molar-refractivity contribution in [1.82, 2.24) is 30.5 Å². The van der Waals surface area contributed by atoms with Gasteiger partial charge in [-0.2, -0.15) is 5.10 Å². The molecule has 0 radical (unpaired) electrons. The Morgan fingerprint density at radius 3 is 2.54 bits per heavy atom. The van der Waals surface area contributed by atoms with E-state index in [9.17, 15) is 9.18 Å². The monoisotopic (exact) mass is 467 g/mol. The van der Waals surface area contributed by atoms with Crippen LogP contribution in [0.5, 0.6) is 0 Å². The minimum Gasteiger partial charge on any atom is -0.364 e.